The van der Waals surface area contributed by atoms with Crippen molar-refractivity contribution in [1.82, 2.24) is 10.2 Å². The van der Waals surface area contributed by atoms with Gasteiger partial charge in [0.15, 0.2) is 0 Å². The Hall–Kier alpha value is -1.30. The van der Waals surface area contributed by atoms with Gasteiger partial charge in [-0.2, -0.15) is 0 Å². The minimum absolute atomic E-state index is 0.0521. The summed E-state index contributed by atoms with van der Waals surface area (Å²) in [6, 6.07) is -0.204. The fraction of sp³-hybridized carbons (Fsp3) is 0.867. The lowest BCUT2D eigenvalue weighted by molar-refractivity contribution is -0.142. The number of carbonyl (C=O) groups is 2. The Morgan fingerprint density at radius 2 is 1.67 bits per heavy atom. The second kappa shape index (κ2) is 7.11. The minimum atomic E-state index is -0.734. The molecule has 6 heteroatoms. The topological polar surface area (TPSA) is 89.9 Å². The van der Waals surface area contributed by atoms with Crippen LogP contribution in [0.5, 0.6) is 0 Å². The zero-order valence-electron chi connectivity index (χ0n) is 12.6. The van der Waals surface area contributed by atoms with Crippen LogP contribution in [0.1, 0.15) is 51.4 Å². The van der Waals surface area contributed by atoms with E-state index in [1.165, 1.54) is 0 Å². The van der Waals surface area contributed by atoms with Crippen molar-refractivity contribution in [2.75, 3.05) is 7.05 Å². The first-order valence-electron chi connectivity index (χ1n) is 7.93. The highest BCUT2D eigenvalue weighted by atomic mass is 16.4. The third kappa shape index (κ3) is 4.09. The number of aliphatic hydroxyl groups excluding tert-OH is 1. The van der Waals surface area contributed by atoms with Gasteiger partial charge in [-0.05, 0) is 38.5 Å². The second-order valence-electron chi connectivity index (χ2n) is 6.37. The number of carbonyl (C=O) groups excluding carboxylic acids is 1. The van der Waals surface area contributed by atoms with Crippen molar-refractivity contribution in [3.63, 3.8) is 0 Å². The number of hydrogen-bond acceptors (Lipinski definition) is 3. The van der Waals surface area contributed by atoms with E-state index < -0.39 is 12.1 Å². The van der Waals surface area contributed by atoms with Gasteiger partial charge in [-0.15, -0.1) is 0 Å². The van der Waals surface area contributed by atoms with Gasteiger partial charge in [-0.1, -0.05) is 12.8 Å². The van der Waals surface area contributed by atoms with Gasteiger partial charge >= 0.3 is 12.0 Å². The van der Waals surface area contributed by atoms with Crippen LogP contribution in [0.25, 0.3) is 0 Å². The first-order valence-corrected chi connectivity index (χ1v) is 7.93. The third-order valence-electron chi connectivity index (χ3n) is 4.92. The SMILES string of the molecule is CN(C(=O)NC1CCC(C(=O)O)CC1)[C@@H]1CCCC[C@H]1O. The molecule has 21 heavy (non-hydrogen) atoms. The highest BCUT2D eigenvalue weighted by Gasteiger charge is 2.31. The number of carboxylic acid groups (broad SMARTS) is 1. The lowest BCUT2D eigenvalue weighted by atomic mass is 9.86. The number of aliphatic hydroxyl groups is 1. The smallest absolute Gasteiger partial charge is 0.317 e. The molecule has 0 aromatic rings. The molecule has 2 aliphatic carbocycles. The summed E-state index contributed by atoms with van der Waals surface area (Å²) in [4.78, 5) is 24.8. The number of nitrogens with zero attached hydrogens (tertiary/aromatic N) is 1. The zero-order chi connectivity index (χ0) is 15.4. The van der Waals surface area contributed by atoms with E-state index >= 15 is 0 Å². The minimum Gasteiger partial charge on any atom is -0.481 e. The summed E-state index contributed by atoms with van der Waals surface area (Å²) in [7, 11) is 1.73. The molecule has 0 spiro atoms. The molecule has 3 N–H and O–H groups in total. The Kier molecular flexibility index (Phi) is 5.45. The number of rotatable bonds is 3. The molecule has 0 radical (unpaired) electrons. The van der Waals surface area contributed by atoms with Gasteiger partial charge in [-0.3, -0.25) is 4.79 Å². The van der Waals surface area contributed by atoms with Crippen molar-refractivity contribution in [3.05, 3.63) is 0 Å². The second-order valence-corrected chi connectivity index (χ2v) is 6.37. The summed E-state index contributed by atoms with van der Waals surface area (Å²) in [5, 5.41) is 22.0. The van der Waals surface area contributed by atoms with Crippen LogP contribution in [0.2, 0.25) is 0 Å². The van der Waals surface area contributed by atoms with Gasteiger partial charge in [0.2, 0.25) is 0 Å². The molecule has 0 aliphatic heterocycles. The molecule has 2 rings (SSSR count). The quantitative estimate of drug-likeness (QED) is 0.738. The maximum Gasteiger partial charge on any atom is 0.317 e. The largest absolute Gasteiger partial charge is 0.481 e. The van der Waals surface area contributed by atoms with Gasteiger partial charge in [-0.25, -0.2) is 4.79 Å². The Balaban J connectivity index is 1.80. The van der Waals surface area contributed by atoms with Crippen LogP contribution < -0.4 is 5.32 Å². The molecule has 2 fully saturated rings. The zero-order valence-corrected chi connectivity index (χ0v) is 12.6. The third-order valence-corrected chi connectivity index (χ3v) is 4.92. The molecule has 0 unspecified atom stereocenters. The number of likely N-dealkylation sites (N-methyl/N-ethyl adjacent to an activating group) is 1. The Labute approximate surface area is 125 Å². The van der Waals surface area contributed by atoms with Crippen LogP contribution in [0.15, 0.2) is 0 Å². The predicted octanol–water partition coefficient (Wildman–Crippen LogP) is 1.57. The molecule has 2 aliphatic rings. The molecule has 2 atom stereocenters. The van der Waals surface area contributed by atoms with E-state index in [4.69, 9.17) is 5.11 Å². The van der Waals surface area contributed by atoms with Crippen LogP contribution in [0.3, 0.4) is 0 Å². The molecule has 0 aromatic carbocycles. The highest BCUT2D eigenvalue weighted by molar-refractivity contribution is 5.75. The number of amides is 2. The Morgan fingerprint density at radius 3 is 2.24 bits per heavy atom. The van der Waals surface area contributed by atoms with Crippen molar-refractivity contribution in [3.8, 4) is 0 Å². The Bertz CT molecular complexity index is 380. The van der Waals surface area contributed by atoms with E-state index in [-0.39, 0.29) is 24.0 Å². The highest BCUT2D eigenvalue weighted by Crippen LogP contribution is 2.25. The van der Waals surface area contributed by atoms with Gasteiger partial charge in [0, 0.05) is 13.1 Å². The van der Waals surface area contributed by atoms with Gasteiger partial charge in [0.05, 0.1) is 18.1 Å². The maximum absolute atomic E-state index is 12.3. The normalized spacial score (nSPS) is 33.2. The van der Waals surface area contributed by atoms with Crippen LogP contribution in [-0.2, 0) is 4.79 Å². The van der Waals surface area contributed by atoms with Gasteiger partial charge in [0.25, 0.3) is 0 Å². The van der Waals surface area contributed by atoms with E-state index in [1.807, 2.05) is 0 Å². The van der Waals surface area contributed by atoms with Gasteiger partial charge in [0.1, 0.15) is 0 Å². The maximum atomic E-state index is 12.3. The molecule has 0 saturated heterocycles. The number of nitrogens with one attached hydrogen (secondary N) is 1. The summed E-state index contributed by atoms with van der Waals surface area (Å²) >= 11 is 0. The van der Waals surface area contributed by atoms with Crippen molar-refractivity contribution in [1.29, 1.82) is 0 Å². The molecule has 120 valence electrons. The van der Waals surface area contributed by atoms with Crippen LogP contribution in [0.4, 0.5) is 4.79 Å². The summed E-state index contributed by atoms with van der Waals surface area (Å²) in [6.07, 6.45) is 5.90. The molecule has 2 amide bonds. The van der Waals surface area contributed by atoms with E-state index in [1.54, 1.807) is 11.9 Å². The van der Waals surface area contributed by atoms with Crippen LogP contribution in [0, 0.1) is 5.92 Å². The average Bonchev–Trinajstić information content (AvgIpc) is 2.47. The molecular weight excluding hydrogens is 272 g/mol. The van der Waals surface area contributed by atoms with E-state index in [0.29, 0.717) is 25.7 Å². The fourth-order valence-corrected chi connectivity index (χ4v) is 3.46. The van der Waals surface area contributed by atoms with Crippen LogP contribution in [-0.4, -0.2) is 52.3 Å². The Morgan fingerprint density at radius 1 is 1.05 bits per heavy atom. The van der Waals surface area contributed by atoms with Crippen molar-refractivity contribution < 1.29 is 19.8 Å². The fourth-order valence-electron chi connectivity index (χ4n) is 3.46. The summed E-state index contributed by atoms with van der Waals surface area (Å²) in [5.41, 5.74) is 0. The molecular formula is C15H26N2O4. The van der Waals surface area contributed by atoms with E-state index in [0.717, 1.165) is 25.7 Å². The predicted molar refractivity (Wildman–Crippen MR) is 77.9 cm³/mol. The standard InChI is InChI=1S/C15H26N2O4/c1-17(12-4-2-3-5-13(12)18)15(21)16-11-8-6-10(7-9-11)14(19)20/h10-13,18H,2-9H2,1H3,(H,16,21)(H,19,20)/t10?,11?,12-,13-/m1/s1. The summed E-state index contributed by atoms with van der Waals surface area (Å²) in [5.74, 6) is -1.00. The monoisotopic (exact) mass is 298 g/mol. The van der Waals surface area contributed by atoms with Crippen LogP contribution >= 0.6 is 0 Å². The number of urea groups is 1. The van der Waals surface area contributed by atoms with Crippen molar-refractivity contribution in [2.45, 2.75) is 69.6 Å². The van der Waals surface area contributed by atoms with E-state index in [9.17, 15) is 14.7 Å². The first-order chi connectivity index (χ1) is 9.99. The summed E-state index contributed by atoms with van der Waals surface area (Å²) in [6.45, 7) is 0. The van der Waals surface area contributed by atoms with Crippen molar-refractivity contribution >= 4 is 12.0 Å². The first kappa shape index (κ1) is 16.1. The molecule has 2 saturated carbocycles. The molecule has 6 nitrogen and oxygen atoms in total. The average molecular weight is 298 g/mol. The molecule has 0 bridgehead atoms. The lowest BCUT2D eigenvalue weighted by Crippen LogP contribution is -2.52. The molecule has 0 aromatic heterocycles. The summed E-state index contributed by atoms with van der Waals surface area (Å²) < 4.78 is 0. The number of carboxylic acids is 1. The van der Waals surface area contributed by atoms with Gasteiger partial charge < -0.3 is 20.4 Å². The number of hydrogen-bond donors (Lipinski definition) is 3. The number of aliphatic carboxylic acids is 1. The van der Waals surface area contributed by atoms with Crippen molar-refractivity contribution in [2.24, 2.45) is 5.92 Å². The molecule has 0 heterocycles. The lowest BCUT2D eigenvalue weighted by Gasteiger charge is -2.36. The van der Waals surface area contributed by atoms with E-state index in [2.05, 4.69) is 5.32 Å².